The lowest BCUT2D eigenvalue weighted by Gasteiger charge is -2.37. The Morgan fingerprint density at radius 1 is 1.04 bits per heavy atom. The molecular weight excluding hydrogens is 352 g/mol. The first kappa shape index (κ1) is 18.4. The van der Waals surface area contributed by atoms with Crippen LogP contribution in [-0.2, 0) is 4.79 Å². The number of anilines is 1. The molecule has 26 heavy (non-hydrogen) atoms. The van der Waals surface area contributed by atoms with E-state index < -0.39 is 6.10 Å². The largest absolute Gasteiger partial charge is 0.497 e. The van der Waals surface area contributed by atoms with E-state index in [1.165, 1.54) is 0 Å². The molecule has 1 unspecified atom stereocenters. The summed E-state index contributed by atoms with van der Waals surface area (Å²) >= 11 is 6.10. The monoisotopic (exact) mass is 374 g/mol. The number of rotatable bonds is 5. The van der Waals surface area contributed by atoms with Crippen LogP contribution in [0.3, 0.4) is 0 Å². The van der Waals surface area contributed by atoms with Gasteiger partial charge in [-0.05, 0) is 43.3 Å². The van der Waals surface area contributed by atoms with Crippen LogP contribution in [-0.4, -0.2) is 50.2 Å². The first-order chi connectivity index (χ1) is 12.6. The van der Waals surface area contributed by atoms with Crippen molar-refractivity contribution in [2.45, 2.75) is 13.0 Å². The van der Waals surface area contributed by atoms with Gasteiger partial charge in [0.05, 0.1) is 12.1 Å². The number of para-hydroxylation sites is 1. The zero-order chi connectivity index (χ0) is 18.5. The second-order valence-corrected chi connectivity index (χ2v) is 6.61. The lowest BCUT2D eigenvalue weighted by Crippen LogP contribution is -2.52. The summed E-state index contributed by atoms with van der Waals surface area (Å²) in [4.78, 5) is 16.8. The van der Waals surface area contributed by atoms with Crippen molar-refractivity contribution in [1.82, 2.24) is 4.90 Å². The maximum atomic E-state index is 12.7. The number of carbonyl (C=O) groups is 1. The van der Waals surface area contributed by atoms with Crippen LogP contribution in [0.2, 0.25) is 5.02 Å². The van der Waals surface area contributed by atoms with Gasteiger partial charge in [-0.2, -0.15) is 0 Å². The Bertz CT molecular complexity index is 743. The SMILES string of the molecule is COc1ccc(N2CCN(C(=O)C(C)Oc3ccccc3Cl)CC2)cc1. The number of carbonyl (C=O) groups excluding carboxylic acids is 1. The van der Waals surface area contributed by atoms with E-state index in [1.54, 1.807) is 26.2 Å². The van der Waals surface area contributed by atoms with E-state index in [-0.39, 0.29) is 5.91 Å². The van der Waals surface area contributed by atoms with Crippen molar-refractivity contribution in [2.75, 3.05) is 38.2 Å². The molecule has 0 aromatic heterocycles. The van der Waals surface area contributed by atoms with Crippen LogP contribution in [0, 0.1) is 0 Å². The van der Waals surface area contributed by atoms with E-state index >= 15 is 0 Å². The standard InChI is InChI=1S/C20H23ClN2O3/c1-15(26-19-6-4-3-5-18(19)21)20(24)23-13-11-22(12-14-23)16-7-9-17(25-2)10-8-16/h3-10,15H,11-14H2,1-2H3. The summed E-state index contributed by atoms with van der Waals surface area (Å²) in [6.07, 6.45) is -0.567. The molecule has 0 radical (unpaired) electrons. The molecule has 0 saturated carbocycles. The third-order valence-electron chi connectivity index (χ3n) is 4.52. The van der Waals surface area contributed by atoms with Gasteiger partial charge in [-0.3, -0.25) is 4.79 Å². The summed E-state index contributed by atoms with van der Waals surface area (Å²) < 4.78 is 10.9. The number of amides is 1. The molecule has 1 heterocycles. The first-order valence-electron chi connectivity index (χ1n) is 8.67. The molecule has 0 spiro atoms. The Morgan fingerprint density at radius 3 is 2.31 bits per heavy atom. The molecule has 138 valence electrons. The predicted octanol–water partition coefficient (Wildman–Crippen LogP) is 3.46. The Balaban J connectivity index is 1.55. The fourth-order valence-electron chi connectivity index (χ4n) is 3.02. The molecule has 2 aromatic carbocycles. The van der Waals surface area contributed by atoms with E-state index in [4.69, 9.17) is 21.1 Å². The molecule has 1 atom stereocenters. The Labute approximate surface area is 159 Å². The minimum Gasteiger partial charge on any atom is -0.497 e. The molecule has 1 fully saturated rings. The quantitative estimate of drug-likeness (QED) is 0.803. The van der Waals surface area contributed by atoms with Crippen molar-refractivity contribution in [3.8, 4) is 11.5 Å². The van der Waals surface area contributed by atoms with Gasteiger partial charge in [0, 0.05) is 31.9 Å². The molecule has 5 nitrogen and oxygen atoms in total. The minimum absolute atomic E-state index is 0.0145. The van der Waals surface area contributed by atoms with E-state index in [2.05, 4.69) is 4.90 Å². The number of benzene rings is 2. The number of piperazine rings is 1. The van der Waals surface area contributed by atoms with Gasteiger partial charge in [-0.15, -0.1) is 0 Å². The van der Waals surface area contributed by atoms with Crippen LogP contribution in [0.1, 0.15) is 6.92 Å². The number of nitrogens with zero attached hydrogens (tertiary/aromatic N) is 2. The Morgan fingerprint density at radius 2 is 1.69 bits per heavy atom. The average molecular weight is 375 g/mol. The molecule has 0 aliphatic carbocycles. The van der Waals surface area contributed by atoms with Crippen molar-refractivity contribution in [3.63, 3.8) is 0 Å². The van der Waals surface area contributed by atoms with Crippen molar-refractivity contribution in [3.05, 3.63) is 53.6 Å². The Kier molecular flexibility index (Phi) is 5.89. The fraction of sp³-hybridized carbons (Fsp3) is 0.350. The zero-order valence-electron chi connectivity index (χ0n) is 15.0. The second kappa shape index (κ2) is 8.32. The molecule has 1 aliphatic rings. The Hall–Kier alpha value is -2.40. The summed E-state index contributed by atoms with van der Waals surface area (Å²) in [7, 11) is 1.66. The van der Waals surface area contributed by atoms with E-state index in [0.717, 1.165) is 24.5 Å². The molecule has 3 rings (SSSR count). The van der Waals surface area contributed by atoms with Crippen molar-refractivity contribution in [2.24, 2.45) is 0 Å². The fourth-order valence-corrected chi connectivity index (χ4v) is 3.20. The molecule has 1 saturated heterocycles. The average Bonchev–Trinajstić information content (AvgIpc) is 2.69. The van der Waals surface area contributed by atoms with Gasteiger partial charge in [0.25, 0.3) is 5.91 Å². The lowest BCUT2D eigenvalue weighted by atomic mass is 10.2. The van der Waals surface area contributed by atoms with Crippen molar-refractivity contribution >= 4 is 23.2 Å². The van der Waals surface area contributed by atoms with Crippen LogP contribution in [0.25, 0.3) is 0 Å². The summed E-state index contributed by atoms with van der Waals surface area (Å²) in [5, 5.41) is 0.511. The van der Waals surface area contributed by atoms with Gasteiger partial charge in [0.15, 0.2) is 6.10 Å². The summed E-state index contributed by atoms with van der Waals surface area (Å²) in [5.74, 6) is 1.36. The number of hydrogen-bond acceptors (Lipinski definition) is 4. The normalized spacial score (nSPS) is 15.5. The lowest BCUT2D eigenvalue weighted by molar-refractivity contribution is -0.138. The molecule has 1 amide bonds. The molecular formula is C20H23ClN2O3. The highest BCUT2D eigenvalue weighted by Gasteiger charge is 2.26. The van der Waals surface area contributed by atoms with E-state index in [9.17, 15) is 4.79 Å². The van der Waals surface area contributed by atoms with Crippen molar-refractivity contribution in [1.29, 1.82) is 0 Å². The van der Waals surface area contributed by atoms with Gasteiger partial charge in [-0.1, -0.05) is 23.7 Å². The number of halogens is 1. The van der Waals surface area contributed by atoms with E-state index in [1.807, 2.05) is 41.3 Å². The third-order valence-corrected chi connectivity index (χ3v) is 4.83. The predicted molar refractivity (Wildman–Crippen MR) is 103 cm³/mol. The topological polar surface area (TPSA) is 42.0 Å². The second-order valence-electron chi connectivity index (χ2n) is 6.20. The van der Waals surface area contributed by atoms with Gasteiger partial charge in [0.2, 0.25) is 0 Å². The highest BCUT2D eigenvalue weighted by atomic mass is 35.5. The van der Waals surface area contributed by atoms with Gasteiger partial charge < -0.3 is 19.3 Å². The van der Waals surface area contributed by atoms with Crippen LogP contribution in [0.5, 0.6) is 11.5 Å². The van der Waals surface area contributed by atoms with Crippen LogP contribution in [0.15, 0.2) is 48.5 Å². The van der Waals surface area contributed by atoms with Gasteiger partial charge in [0.1, 0.15) is 11.5 Å². The number of ether oxygens (including phenoxy) is 2. The zero-order valence-corrected chi connectivity index (χ0v) is 15.8. The summed E-state index contributed by atoms with van der Waals surface area (Å²) in [5.41, 5.74) is 1.14. The number of hydrogen-bond donors (Lipinski definition) is 0. The summed E-state index contributed by atoms with van der Waals surface area (Å²) in [6.45, 7) is 4.68. The first-order valence-corrected chi connectivity index (χ1v) is 9.05. The molecule has 1 aliphatic heterocycles. The highest BCUT2D eigenvalue weighted by molar-refractivity contribution is 6.32. The third kappa shape index (κ3) is 4.22. The summed E-state index contributed by atoms with van der Waals surface area (Å²) in [6, 6.07) is 15.2. The number of methoxy groups -OCH3 is 1. The maximum Gasteiger partial charge on any atom is 0.263 e. The van der Waals surface area contributed by atoms with Crippen LogP contribution < -0.4 is 14.4 Å². The van der Waals surface area contributed by atoms with E-state index in [0.29, 0.717) is 23.9 Å². The van der Waals surface area contributed by atoms with Crippen LogP contribution >= 0.6 is 11.6 Å². The molecule has 0 bridgehead atoms. The van der Waals surface area contributed by atoms with Crippen molar-refractivity contribution < 1.29 is 14.3 Å². The van der Waals surface area contributed by atoms with Gasteiger partial charge >= 0.3 is 0 Å². The maximum absolute atomic E-state index is 12.7. The van der Waals surface area contributed by atoms with Gasteiger partial charge in [-0.25, -0.2) is 0 Å². The molecule has 6 heteroatoms. The van der Waals surface area contributed by atoms with Crippen LogP contribution in [0.4, 0.5) is 5.69 Å². The highest BCUT2D eigenvalue weighted by Crippen LogP contribution is 2.25. The molecule has 0 N–H and O–H groups in total. The smallest absolute Gasteiger partial charge is 0.263 e. The minimum atomic E-state index is -0.567. The molecule has 2 aromatic rings.